The Kier molecular flexibility index (Phi) is 4.13. The molecule has 1 aliphatic rings. The highest BCUT2D eigenvalue weighted by atomic mass is 16.4. The molecule has 0 bridgehead atoms. The van der Waals surface area contributed by atoms with Crippen molar-refractivity contribution < 1.29 is 10.0 Å². The molecule has 2 aromatic rings. The van der Waals surface area contributed by atoms with E-state index >= 15 is 0 Å². The fourth-order valence-electron chi connectivity index (χ4n) is 2.75. The van der Waals surface area contributed by atoms with Crippen LogP contribution in [-0.2, 0) is 0 Å². The van der Waals surface area contributed by atoms with Gasteiger partial charge in [0.2, 0.25) is 0 Å². The van der Waals surface area contributed by atoms with E-state index in [9.17, 15) is 4.79 Å². The van der Waals surface area contributed by atoms with Gasteiger partial charge in [0.05, 0.1) is 23.6 Å². The first-order chi connectivity index (χ1) is 10.8. The van der Waals surface area contributed by atoms with Crippen molar-refractivity contribution in [3.63, 3.8) is 0 Å². The van der Waals surface area contributed by atoms with Crippen molar-refractivity contribution in [2.75, 3.05) is 13.1 Å². The van der Waals surface area contributed by atoms with Gasteiger partial charge in [0.15, 0.2) is 0 Å². The number of benzene rings is 1. The average molecular weight is 299 g/mol. The number of piperidine rings is 1. The lowest BCUT2D eigenvalue weighted by Crippen LogP contribution is -2.40. The minimum absolute atomic E-state index is 0.0519. The monoisotopic (exact) mass is 299 g/mol. The van der Waals surface area contributed by atoms with Crippen LogP contribution in [0.3, 0.4) is 0 Å². The highest BCUT2D eigenvalue weighted by Crippen LogP contribution is 2.20. The third-order valence-electron chi connectivity index (χ3n) is 3.79. The summed E-state index contributed by atoms with van der Waals surface area (Å²) >= 11 is 0. The van der Waals surface area contributed by atoms with Crippen LogP contribution in [0.25, 0.3) is 5.69 Å². The second-order valence-corrected chi connectivity index (χ2v) is 5.25. The van der Waals surface area contributed by atoms with Crippen molar-refractivity contribution in [2.45, 2.75) is 12.8 Å². The van der Waals surface area contributed by atoms with Gasteiger partial charge < -0.3 is 10.1 Å². The van der Waals surface area contributed by atoms with Gasteiger partial charge in [-0.3, -0.25) is 4.79 Å². The topological polar surface area (TPSA) is 83.6 Å². The normalized spacial score (nSPS) is 18.7. The number of nitrogens with zero attached hydrogens (tertiary/aromatic N) is 5. The van der Waals surface area contributed by atoms with E-state index < -0.39 is 0 Å². The number of carbonyl (C=O) groups excluding carboxylic acids is 1. The lowest BCUT2D eigenvalue weighted by Gasteiger charge is -2.31. The van der Waals surface area contributed by atoms with E-state index in [-0.39, 0.29) is 11.8 Å². The van der Waals surface area contributed by atoms with Crippen LogP contribution in [0.1, 0.15) is 23.2 Å². The summed E-state index contributed by atoms with van der Waals surface area (Å²) in [5.74, 6) is 0.0432. The first-order valence-corrected chi connectivity index (χ1v) is 7.22. The highest BCUT2D eigenvalue weighted by Gasteiger charge is 2.25. The van der Waals surface area contributed by atoms with Crippen LogP contribution < -0.4 is 0 Å². The predicted octanol–water partition coefficient (Wildman–Crippen LogP) is 1.58. The number of hydrogen-bond acceptors (Lipinski definition) is 5. The molecule has 1 N–H and O–H groups in total. The molecular weight excluding hydrogens is 282 g/mol. The van der Waals surface area contributed by atoms with Crippen LogP contribution >= 0.6 is 0 Å². The maximum Gasteiger partial charge on any atom is 0.256 e. The van der Waals surface area contributed by atoms with Crippen LogP contribution in [0.4, 0.5) is 0 Å². The SMILES string of the molecule is O=C(c1ccccc1-n1nccn1)N1CCCC(/C=N/O)C1. The summed E-state index contributed by atoms with van der Waals surface area (Å²) in [6, 6.07) is 7.29. The van der Waals surface area contributed by atoms with Crippen molar-refractivity contribution >= 4 is 12.1 Å². The molecule has 1 unspecified atom stereocenters. The van der Waals surface area contributed by atoms with Crippen LogP contribution in [0.2, 0.25) is 0 Å². The van der Waals surface area contributed by atoms with Crippen molar-refractivity contribution in [2.24, 2.45) is 11.1 Å². The molecule has 7 heteroatoms. The summed E-state index contributed by atoms with van der Waals surface area (Å²) in [4.78, 5) is 16.1. The van der Waals surface area contributed by atoms with E-state index in [1.54, 1.807) is 23.4 Å². The zero-order valence-corrected chi connectivity index (χ0v) is 12.0. The zero-order chi connectivity index (χ0) is 15.4. The van der Waals surface area contributed by atoms with Crippen LogP contribution in [0.5, 0.6) is 0 Å². The Balaban J connectivity index is 1.86. The second kappa shape index (κ2) is 6.38. The number of carbonyl (C=O) groups is 1. The number of aromatic nitrogens is 3. The van der Waals surface area contributed by atoms with E-state index in [1.807, 2.05) is 18.2 Å². The molecule has 1 atom stereocenters. The number of rotatable bonds is 3. The van der Waals surface area contributed by atoms with E-state index in [2.05, 4.69) is 15.4 Å². The van der Waals surface area contributed by atoms with Crippen LogP contribution in [0, 0.1) is 5.92 Å². The first-order valence-electron chi connectivity index (χ1n) is 7.22. The smallest absolute Gasteiger partial charge is 0.256 e. The molecule has 2 heterocycles. The van der Waals surface area contributed by atoms with Crippen molar-refractivity contribution in [3.8, 4) is 5.69 Å². The molecule has 1 aliphatic heterocycles. The summed E-state index contributed by atoms with van der Waals surface area (Å²) in [5.41, 5.74) is 1.23. The Labute approximate surface area is 127 Å². The molecule has 1 saturated heterocycles. The predicted molar refractivity (Wildman–Crippen MR) is 80.3 cm³/mol. The third kappa shape index (κ3) is 2.83. The number of oxime groups is 1. The van der Waals surface area contributed by atoms with Gasteiger partial charge in [-0.05, 0) is 25.0 Å². The lowest BCUT2D eigenvalue weighted by atomic mass is 9.98. The van der Waals surface area contributed by atoms with Gasteiger partial charge >= 0.3 is 0 Å². The number of likely N-dealkylation sites (tertiary alicyclic amines) is 1. The molecule has 7 nitrogen and oxygen atoms in total. The molecule has 0 radical (unpaired) electrons. The largest absolute Gasteiger partial charge is 0.411 e. The van der Waals surface area contributed by atoms with Gasteiger partial charge in [0.25, 0.3) is 5.91 Å². The maximum atomic E-state index is 12.8. The van der Waals surface area contributed by atoms with Gasteiger partial charge in [-0.1, -0.05) is 12.1 Å². The molecule has 1 fully saturated rings. The zero-order valence-electron chi connectivity index (χ0n) is 12.0. The van der Waals surface area contributed by atoms with Gasteiger partial charge in [0.1, 0.15) is 0 Å². The summed E-state index contributed by atoms with van der Waals surface area (Å²) in [5, 5.41) is 20.0. The van der Waals surface area contributed by atoms with E-state index in [0.29, 0.717) is 24.3 Å². The molecule has 22 heavy (non-hydrogen) atoms. The summed E-state index contributed by atoms with van der Waals surface area (Å²) in [7, 11) is 0. The Morgan fingerprint density at radius 1 is 1.32 bits per heavy atom. The molecule has 114 valence electrons. The summed E-state index contributed by atoms with van der Waals surface area (Å²) < 4.78 is 0. The van der Waals surface area contributed by atoms with Crippen LogP contribution in [0.15, 0.2) is 41.8 Å². The molecule has 0 spiro atoms. The Morgan fingerprint density at radius 2 is 2.09 bits per heavy atom. The molecule has 1 amide bonds. The second-order valence-electron chi connectivity index (χ2n) is 5.25. The van der Waals surface area contributed by atoms with Gasteiger partial charge in [-0.2, -0.15) is 15.0 Å². The average Bonchev–Trinajstić information content (AvgIpc) is 3.09. The quantitative estimate of drug-likeness (QED) is 0.530. The highest BCUT2D eigenvalue weighted by molar-refractivity contribution is 5.97. The third-order valence-corrected chi connectivity index (χ3v) is 3.79. The van der Waals surface area contributed by atoms with E-state index in [4.69, 9.17) is 5.21 Å². The van der Waals surface area contributed by atoms with Gasteiger partial charge in [0, 0.05) is 25.2 Å². The minimum Gasteiger partial charge on any atom is -0.411 e. The Morgan fingerprint density at radius 3 is 2.86 bits per heavy atom. The maximum absolute atomic E-state index is 12.8. The van der Waals surface area contributed by atoms with Crippen molar-refractivity contribution in [1.82, 2.24) is 19.9 Å². The summed E-state index contributed by atoms with van der Waals surface area (Å²) in [6.07, 6.45) is 6.48. The lowest BCUT2D eigenvalue weighted by molar-refractivity contribution is 0.0703. The molecule has 0 saturated carbocycles. The number of amides is 1. The van der Waals surface area contributed by atoms with Crippen molar-refractivity contribution in [3.05, 3.63) is 42.2 Å². The summed E-state index contributed by atoms with van der Waals surface area (Å²) in [6.45, 7) is 1.26. The molecule has 1 aromatic heterocycles. The minimum atomic E-state index is -0.0519. The van der Waals surface area contributed by atoms with E-state index in [1.165, 1.54) is 11.0 Å². The van der Waals surface area contributed by atoms with Crippen LogP contribution in [-0.4, -0.2) is 50.3 Å². The van der Waals surface area contributed by atoms with Crippen molar-refractivity contribution in [1.29, 1.82) is 0 Å². The molecular formula is C15H17N5O2. The Hall–Kier alpha value is -2.70. The number of hydrogen-bond donors (Lipinski definition) is 1. The molecule has 3 rings (SSSR count). The Bertz CT molecular complexity index is 668. The first kappa shape index (κ1) is 14.2. The fraction of sp³-hybridized carbons (Fsp3) is 0.333. The standard InChI is InChI=1S/C15H17N5O2/c21-15(19-9-3-4-12(11-19)10-18-22)13-5-1-2-6-14(13)20-16-7-8-17-20/h1-2,5-8,10,12,22H,3-4,9,11H2/b18-10+. The van der Waals surface area contributed by atoms with Gasteiger partial charge in [-0.25, -0.2) is 0 Å². The molecule has 0 aliphatic carbocycles. The van der Waals surface area contributed by atoms with E-state index in [0.717, 1.165) is 12.8 Å². The fourth-order valence-corrected chi connectivity index (χ4v) is 2.75. The van der Waals surface area contributed by atoms with Gasteiger partial charge in [-0.15, -0.1) is 5.16 Å². The number of para-hydroxylation sites is 1. The molecule has 1 aromatic carbocycles.